The van der Waals surface area contributed by atoms with Gasteiger partial charge in [-0.3, -0.25) is 4.79 Å². The topological polar surface area (TPSA) is 64.1 Å². The lowest BCUT2D eigenvalue weighted by Crippen LogP contribution is -2.14. The lowest BCUT2D eigenvalue weighted by Gasteiger charge is -2.10. The second-order valence-corrected chi connectivity index (χ2v) is 5.80. The first-order valence-electron chi connectivity index (χ1n) is 8.42. The number of ether oxygens (including phenoxy) is 1. The van der Waals surface area contributed by atoms with Crippen molar-refractivity contribution < 1.29 is 22.7 Å². The number of amides is 1. The number of alkyl halides is 3. The number of carbonyl (C=O) groups excluding carboxylic acids is 1. The average Bonchev–Trinajstić information content (AvgIpc) is 2.68. The van der Waals surface area contributed by atoms with Crippen molar-refractivity contribution in [1.29, 1.82) is 0 Å². The zero-order valence-electron chi connectivity index (χ0n) is 14.8. The van der Waals surface area contributed by atoms with Gasteiger partial charge in [-0.05, 0) is 43.3 Å². The van der Waals surface area contributed by atoms with Gasteiger partial charge in [0.25, 0.3) is 5.91 Å². The largest absolute Gasteiger partial charge is 0.477 e. The highest BCUT2D eigenvalue weighted by Crippen LogP contribution is 2.30. The highest BCUT2D eigenvalue weighted by Gasteiger charge is 2.30. The zero-order chi connectivity index (χ0) is 20.1. The van der Waals surface area contributed by atoms with E-state index in [-0.39, 0.29) is 5.56 Å². The summed E-state index contributed by atoms with van der Waals surface area (Å²) < 4.78 is 43.7. The number of carbonyl (C=O) groups is 1. The van der Waals surface area contributed by atoms with Gasteiger partial charge in [-0.25, -0.2) is 0 Å². The van der Waals surface area contributed by atoms with Gasteiger partial charge in [-0.15, -0.1) is 10.2 Å². The van der Waals surface area contributed by atoms with Crippen molar-refractivity contribution in [2.45, 2.75) is 13.1 Å². The molecule has 0 radical (unpaired) electrons. The summed E-state index contributed by atoms with van der Waals surface area (Å²) in [5, 5.41) is 10.6. The van der Waals surface area contributed by atoms with E-state index in [4.69, 9.17) is 4.74 Å². The third-order valence-corrected chi connectivity index (χ3v) is 3.80. The summed E-state index contributed by atoms with van der Waals surface area (Å²) in [5.74, 6) is -0.235. The molecule has 1 amide bonds. The van der Waals surface area contributed by atoms with Gasteiger partial charge in [-0.2, -0.15) is 13.2 Å². The van der Waals surface area contributed by atoms with Crippen LogP contribution in [0.3, 0.4) is 0 Å². The molecule has 0 aliphatic heterocycles. The third kappa shape index (κ3) is 4.64. The first-order chi connectivity index (χ1) is 13.4. The quantitative estimate of drug-likeness (QED) is 0.682. The van der Waals surface area contributed by atoms with Crippen molar-refractivity contribution in [2.75, 3.05) is 11.9 Å². The van der Waals surface area contributed by atoms with Gasteiger partial charge in [0.1, 0.15) is 0 Å². The standard InChI is InChI=1S/C20H16F3N3O2/c1-2-28-18-10-9-17(25-26-18)13-5-4-8-16(12-13)24-19(27)14-6-3-7-15(11-14)20(21,22)23/h3-12H,2H2,1H3,(H,24,27). The van der Waals surface area contributed by atoms with Crippen molar-refractivity contribution in [3.8, 4) is 17.1 Å². The maximum Gasteiger partial charge on any atom is 0.416 e. The maximum absolute atomic E-state index is 12.8. The molecule has 1 heterocycles. The van der Waals surface area contributed by atoms with Crippen LogP contribution in [0, 0.1) is 0 Å². The van der Waals surface area contributed by atoms with Crippen molar-refractivity contribution in [1.82, 2.24) is 10.2 Å². The number of hydrogen-bond donors (Lipinski definition) is 1. The molecule has 144 valence electrons. The van der Waals surface area contributed by atoms with Crippen molar-refractivity contribution in [3.63, 3.8) is 0 Å². The summed E-state index contributed by atoms with van der Waals surface area (Å²) in [6.45, 7) is 2.32. The van der Waals surface area contributed by atoms with Gasteiger partial charge in [0.15, 0.2) is 0 Å². The molecule has 0 aliphatic carbocycles. The Labute approximate surface area is 159 Å². The molecule has 1 aromatic heterocycles. The van der Waals surface area contributed by atoms with E-state index in [1.165, 1.54) is 12.1 Å². The second kappa shape index (κ2) is 8.08. The Balaban J connectivity index is 1.78. The molecular weight excluding hydrogens is 371 g/mol. The molecule has 28 heavy (non-hydrogen) atoms. The summed E-state index contributed by atoms with van der Waals surface area (Å²) >= 11 is 0. The molecule has 5 nitrogen and oxygen atoms in total. The number of nitrogens with one attached hydrogen (secondary N) is 1. The Kier molecular flexibility index (Phi) is 5.58. The van der Waals surface area contributed by atoms with Crippen LogP contribution in [0.1, 0.15) is 22.8 Å². The third-order valence-electron chi connectivity index (χ3n) is 3.80. The summed E-state index contributed by atoms with van der Waals surface area (Å²) in [7, 11) is 0. The molecule has 8 heteroatoms. The number of halogens is 3. The molecule has 1 N–H and O–H groups in total. The molecule has 3 aromatic rings. The van der Waals surface area contributed by atoms with E-state index in [1.54, 1.807) is 36.4 Å². The summed E-state index contributed by atoms with van der Waals surface area (Å²) in [6, 6.07) is 14.5. The maximum atomic E-state index is 12.8. The lowest BCUT2D eigenvalue weighted by atomic mass is 10.1. The Morgan fingerprint density at radius 3 is 2.50 bits per heavy atom. The smallest absolute Gasteiger partial charge is 0.416 e. The Morgan fingerprint density at radius 2 is 1.82 bits per heavy atom. The Hall–Kier alpha value is -3.42. The molecule has 0 saturated carbocycles. The molecule has 0 atom stereocenters. The predicted molar refractivity (Wildman–Crippen MR) is 98.0 cm³/mol. The monoisotopic (exact) mass is 387 g/mol. The van der Waals surface area contributed by atoms with E-state index in [0.717, 1.165) is 12.1 Å². The molecule has 0 spiro atoms. The minimum absolute atomic E-state index is 0.0823. The van der Waals surface area contributed by atoms with Crippen molar-refractivity contribution in [2.24, 2.45) is 0 Å². The molecule has 0 aliphatic rings. The first kappa shape index (κ1) is 19.3. The van der Waals surface area contributed by atoms with Crippen LogP contribution in [0.15, 0.2) is 60.7 Å². The molecular formula is C20H16F3N3O2. The summed E-state index contributed by atoms with van der Waals surface area (Å²) in [5.41, 5.74) is 0.728. The van der Waals surface area contributed by atoms with Crippen LogP contribution in [-0.4, -0.2) is 22.7 Å². The van der Waals surface area contributed by atoms with E-state index in [9.17, 15) is 18.0 Å². The van der Waals surface area contributed by atoms with Crippen LogP contribution in [0.5, 0.6) is 5.88 Å². The Morgan fingerprint density at radius 1 is 1.04 bits per heavy atom. The lowest BCUT2D eigenvalue weighted by molar-refractivity contribution is -0.137. The van der Waals surface area contributed by atoms with Crippen LogP contribution in [0.4, 0.5) is 18.9 Å². The minimum atomic E-state index is -4.51. The van der Waals surface area contributed by atoms with Crippen LogP contribution in [0.2, 0.25) is 0 Å². The number of aromatic nitrogens is 2. The molecule has 0 fully saturated rings. The van der Waals surface area contributed by atoms with E-state index in [0.29, 0.717) is 29.4 Å². The molecule has 3 rings (SSSR count). The van der Waals surface area contributed by atoms with Gasteiger partial charge in [0.05, 0.1) is 17.9 Å². The highest BCUT2D eigenvalue weighted by molar-refractivity contribution is 6.04. The van der Waals surface area contributed by atoms with E-state index in [2.05, 4.69) is 15.5 Å². The van der Waals surface area contributed by atoms with Crippen molar-refractivity contribution in [3.05, 3.63) is 71.8 Å². The van der Waals surface area contributed by atoms with Crippen LogP contribution in [-0.2, 0) is 6.18 Å². The van der Waals surface area contributed by atoms with E-state index < -0.39 is 17.6 Å². The zero-order valence-corrected chi connectivity index (χ0v) is 14.8. The number of anilines is 1. The van der Waals surface area contributed by atoms with Crippen molar-refractivity contribution >= 4 is 11.6 Å². The van der Waals surface area contributed by atoms with Crippen LogP contribution < -0.4 is 10.1 Å². The number of rotatable bonds is 5. The van der Waals surface area contributed by atoms with Gasteiger partial charge in [0, 0.05) is 22.9 Å². The number of benzene rings is 2. The van der Waals surface area contributed by atoms with E-state index >= 15 is 0 Å². The van der Waals surface area contributed by atoms with E-state index in [1.807, 2.05) is 6.92 Å². The van der Waals surface area contributed by atoms with Gasteiger partial charge in [0.2, 0.25) is 5.88 Å². The fourth-order valence-corrected chi connectivity index (χ4v) is 2.50. The second-order valence-electron chi connectivity index (χ2n) is 5.80. The first-order valence-corrected chi connectivity index (χ1v) is 8.42. The molecule has 0 bridgehead atoms. The number of nitrogens with zero attached hydrogens (tertiary/aromatic N) is 2. The summed E-state index contributed by atoms with van der Waals surface area (Å²) in [6.07, 6.45) is -4.51. The Bertz CT molecular complexity index is 973. The molecule has 2 aromatic carbocycles. The fraction of sp³-hybridized carbons (Fsp3) is 0.150. The van der Waals surface area contributed by atoms with Crippen LogP contribution in [0.25, 0.3) is 11.3 Å². The minimum Gasteiger partial charge on any atom is -0.477 e. The average molecular weight is 387 g/mol. The fourth-order valence-electron chi connectivity index (χ4n) is 2.50. The number of hydrogen-bond acceptors (Lipinski definition) is 4. The van der Waals surface area contributed by atoms with Gasteiger partial charge < -0.3 is 10.1 Å². The molecule has 0 unspecified atom stereocenters. The molecule has 0 saturated heterocycles. The summed E-state index contributed by atoms with van der Waals surface area (Å²) in [4.78, 5) is 12.3. The SMILES string of the molecule is CCOc1ccc(-c2cccc(NC(=O)c3cccc(C(F)(F)F)c3)c2)nn1. The van der Waals surface area contributed by atoms with Crippen LogP contribution >= 0.6 is 0 Å². The van der Waals surface area contributed by atoms with Gasteiger partial charge in [-0.1, -0.05) is 18.2 Å². The van der Waals surface area contributed by atoms with Gasteiger partial charge >= 0.3 is 6.18 Å². The predicted octanol–water partition coefficient (Wildman–Crippen LogP) is 4.81. The highest BCUT2D eigenvalue weighted by atomic mass is 19.4. The normalized spacial score (nSPS) is 11.1.